The number of amides is 1. The van der Waals surface area contributed by atoms with Crippen molar-refractivity contribution in [3.8, 4) is 0 Å². The maximum atomic E-state index is 12.4. The van der Waals surface area contributed by atoms with Gasteiger partial charge in [-0.25, -0.2) is 4.79 Å². The van der Waals surface area contributed by atoms with Crippen LogP contribution in [-0.4, -0.2) is 53.0 Å². The number of Topliss-reactive ketones (excluding diaryl/α,β-unsaturated/α-hetero) is 1. The number of likely N-dealkylation sites (tertiary alicyclic amines) is 1. The minimum absolute atomic E-state index is 0.0879. The summed E-state index contributed by atoms with van der Waals surface area (Å²) < 4.78 is 5.39. The van der Waals surface area contributed by atoms with Gasteiger partial charge in [-0.05, 0) is 51.5 Å². The van der Waals surface area contributed by atoms with E-state index in [1.54, 1.807) is 16.7 Å². The van der Waals surface area contributed by atoms with E-state index in [1.807, 2.05) is 20.8 Å². The van der Waals surface area contributed by atoms with E-state index in [4.69, 9.17) is 10.5 Å². The van der Waals surface area contributed by atoms with E-state index >= 15 is 0 Å². The van der Waals surface area contributed by atoms with Crippen LogP contribution in [0.3, 0.4) is 0 Å². The van der Waals surface area contributed by atoms with Crippen LogP contribution in [0.5, 0.6) is 0 Å². The maximum Gasteiger partial charge on any atom is 0.410 e. The molecule has 1 amide bonds. The molecule has 1 rings (SSSR count). The summed E-state index contributed by atoms with van der Waals surface area (Å²) in [6.45, 7) is 8.72. The van der Waals surface area contributed by atoms with Crippen LogP contribution in [0.1, 0.15) is 47.0 Å². The molecule has 0 aromatic carbocycles. The SMILES string of the molecule is CCSCC[C@H](N)C(=O)C1CCCN(C(=O)OC(C)(C)C)C1. The number of nitrogens with zero attached hydrogens (tertiary/aromatic N) is 1. The Labute approximate surface area is 138 Å². The average molecular weight is 330 g/mol. The first-order chi connectivity index (χ1) is 10.2. The second-order valence-corrected chi connectivity index (χ2v) is 8.15. The Morgan fingerprint density at radius 1 is 1.41 bits per heavy atom. The van der Waals surface area contributed by atoms with Crippen molar-refractivity contribution in [2.24, 2.45) is 11.7 Å². The summed E-state index contributed by atoms with van der Waals surface area (Å²) in [5, 5.41) is 0. The molecule has 0 radical (unpaired) electrons. The van der Waals surface area contributed by atoms with E-state index < -0.39 is 11.6 Å². The van der Waals surface area contributed by atoms with Gasteiger partial charge in [0.15, 0.2) is 5.78 Å². The highest BCUT2D eigenvalue weighted by Gasteiger charge is 2.32. The molecule has 1 saturated heterocycles. The molecule has 0 bridgehead atoms. The lowest BCUT2D eigenvalue weighted by molar-refractivity contribution is -0.125. The van der Waals surface area contributed by atoms with Crippen LogP contribution in [0.15, 0.2) is 0 Å². The quantitative estimate of drug-likeness (QED) is 0.758. The molecule has 1 heterocycles. The second kappa shape index (κ2) is 8.77. The van der Waals surface area contributed by atoms with Gasteiger partial charge in [0.05, 0.1) is 6.04 Å². The van der Waals surface area contributed by atoms with E-state index in [0.29, 0.717) is 19.5 Å². The minimum atomic E-state index is -0.512. The fourth-order valence-electron chi connectivity index (χ4n) is 2.50. The molecule has 6 heteroatoms. The molecular formula is C16H30N2O3S. The van der Waals surface area contributed by atoms with Crippen LogP contribution in [0.4, 0.5) is 4.79 Å². The highest BCUT2D eigenvalue weighted by atomic mass is 32.2. The van der Waals surface area contributed by atoms with E-state index in [9.17, 15) is 9.59 Å². The number of ketones is 1. The molecular weight excluding hydrogens is 300 g/mol. The maximum absolute atomic E-state index is 12.4. The summed E-state index contributed by atoms with van der Waals surface area (Å²) in [5.41, 5.74) is 5.50. The van der Waals surface area contributed by atoms with Crippen molar-refractivity contribution in [3.05, 3.63) is 0 Å². The summed E-state index contributed by atoms with van der Waals surface area (Å²) in [6.07, 6.45) is 2.01. The first kappa shape index (κ1) is 19.3. The Kier molecular flexibility index (Phi) is 7.69. The molecule has 0 spiro atoms. The Hall–Kier alpha value is -0.750. The minimum Gasteiger partial charge on any atom is -0.444 e. The number of hydrogen-bond acceptors (Lipinski definition) is 5. The molecule has 2 atom stereocenters. The molecule has 1 aliphatic rings. The normalized spacial score (nSPS) is 20.6. The van der Waals surface area contributed by atoms with Crippen molar-refractivity contribution in [2.45, 2.75) is 58.6 Å². The van der Waals surface area contributed by atoms with Crippen LogP contribution < -0.4 is 5.73 Å². The number of rotatable bonds is 6. The second-order valence-electron chi connectivity index (χ2n) is 6.76. The van der Waals surface area contributed by atoms with Gasteiger partial charge < -0.3 is 15.4 Å². The summed E-state index contributed by atoms with van der Waals surface area (Å²) in [7, 11) is 0. The summed E-state index contributed by atoms with van der Waals surface area (Å²) in [4.78, 5) is 26.2. The highest BCUT2D eigenvalue weighted by molar-refractivity contribution is 7.99. The predicted octanol–water partition coefficient (Wildman–Crippen LogP) is 2.67. The monoisotopic (exact) mass is 330 g/mol. The summed E-state index contributed by atoms with van der Waals surface area (Å²) >= 11 is 1.80. The van der Waals surface area contributed by atoms with Gasteiger partial charge in [0.25, 0.3) is 0 Å². The highest BCUT2D eigenvalue weighted by Crippen LogP contribution is 2.21. The Balaban J connectivity index is 2.51. The van der Waals surface area contributed by atoms with Gasteiger partial charge in [-0.15, -0.1) is 0 Å². The molecule has 22 heavy (non-hydrogen) atoms. The van der Waals surface area contributed by atoms with Gasteiger partial charge >= 0.3 is 6.09 Å². The average Bonchev–Trinajstić information content (AvgIpc) is 2.45. The molecule has 128 valence electrons. The zero-order valence-electron chi connectivity index (χ0n) is 14.3. The first-order valence-electron chi connectivity index (χ1n) is 8.09. The fraction of sp³-hybridized carbons (Fsp3) is 0.875. The molecule has 0 aliphatic carbocycles. The van der Waals surface area contributed by atoms with Crippen molar-refractivity contribution in [1.82, 2.24) is 4.90 Å². The smallest absolute Gasteiger partial charge is 0.410 e. The molecule has 0 aromatic rings. The lowest BCUT2D eigenvalue weighted by atomic mass is 9.89. The number of piperidine rings is 1. The van der Waals surface area contributed by atoms with E-state index in [0.717, 1.165) is 24.3 Å². The standard InChI is InChI=1S/C16H30N2O3S/c1-5-22-10-8-13(17)14(19)12-7-6-9-18(11-12)15(20)21-16(2,3)4/h12-13H,5-11,17H2,1-4H3/t12?,13-/m0/s1. The van der Waals surface area contributed by atoms with Crippen molar-refractivity contribution >= 4 is 23.6 Å². The van der Waals surface area contributed by atoms with E-state index in [2.05, 4.69) is 6.92 Å². The summed E-state index contributed by atoms with van der Waals surface area (Å²) in [6, 6.07) is -0.414. The third-order valence-corrected chi connectivity index (χ3v) is 4.55. The topological polar surface area (TPSA) is 72.6 Å². The van der Waals surface area contributed by atoms with Crippen LogP contribution in [0, 0.1) is 5.92 Å². The van der Waals surface area contributed by atoms with Gasteiger partial charge in [-0.1, -0.05) is 6.92 Å². The Morgan fingerprint density at radius 3 is 2.68 bits per heavy atom. The molecule has 1 aliphatic heterocycles. The molecule has 2 N–H and O–H groups in total. The molecule has 1 unspecified atom stereocenters. The van der Waals surface area contributed by atoms with Crippen molar-refractivity contribution < 1.29 is 14.3 Å². The lowest BCUT2D eigenvalue weighted by Crippen LogP contribution is -2.47. The largest absolute Gasteiger partial charge is 0.444 e. The van der Waals surface area contributed by atoms with Gasteiger partial charge in [0.1, 0.15) is 5.60 Å². The van der Waals surface area contributed by atoms with Crippen LogP contribution in [-0.2, 0) is 9.53 Å². The van der Waals surface area contributed by atoms with Gasteiger partial charge in [0, 0.05) is 19.0 Å². The molecule has 0 aromatic heterocycles. The molecule has 0 saturated carbocycles. The van der Waals surface area contributed by atoms with E-state index in [1.165, 1.54) is 0 Å². The number of ether oxygens (including phenoxy) is 1. The van der Waals surface area contributed by atoms with Crippen LogP contribution >= 0.6 is 11.8 Å². The van der Waals surface area contributed by atoms with Gasteiger partial charge in [-0.3, -0.25) is 4.79 Å². The van der Waals surface area contributed by atoms with Crippen LogP contribution in [0.25, 0.3) is 0 Å². The third-order valence-electron chi connectivity index (χ3n) is 3.62. The van der Waals surface area contributed by atoms with Gasteiger partial charge in [-0.2, -0.15) is 11.8 Å². The number of carbonyl (C=O) groups is 2. The first-order valence-corrected chi connectivity index (χ1v) is 9.25. The Morgan fingerprint density at radius 2 is 2.09 bits per heavy atom. The molecule has 5 nitrogen and oxygen atoms in total. The zero-order chi connectivity index (χ0) is 16.8. The molecule has 1 fully saturated rings. The summed E-state index contributed by atoms with van der Waals surface area (Å²) in [5.74, 6) is 1.88. The number of nitrogens with two attached hydrogens (primary N) is 1. The number of carbonyl (C=O) groups excluding carboxylic acids is 2. The fourth-order valence-corrected chi connectivity index (χ4v) is 3.21. The Bertz CT molecular complexity index is 382. The predicted molar refractivity (Wildman–Crippen MR) is 91.1 cm³/mol. The number of thioether (sulfide) groups is 1. The van der Waals surface area contributed by atoms with Gasteiger partial charge in [0.2, 0.25) is 0 Å². The van der Waals surface area contributed by atoms with Crippen LogP contribution in [0.2, 0.25) is 0 Å². The van der Waals surface area contributed by atoms with Crippen molar-refractivity contribution in [3.63, 3.8) is 0 Å². The number of hydrogen-bond donors (Lipinski definition) is 1. The van der Waals surface area contributed by atoms with E-state index in [-0.39, 0.29) is 17.8 Å². The van der Waals surface area contributed by atoms with Crippen molar-refractivity contribution in [2.75, 3.05) is 24.6 Å². The van der Waals surface area contributed by atoms with Crippen molar-refractivity contribution in [1.29, 1.82) is 0 Å². The third kappa shape index (κ3) is 6.57. The lowest BCUT2D eigenvalue weighted by Gasteiger charge is -2.34. The zero-order valence-corrected chi connectivity index (χ0v) is 15.1.